The first kappa shape index (κ1) is 7.60. The lowest BCUT2D eigenvalue weighted by Crippen LogP contribution is -1.93. The predicted molar refractivity (Wildman–Crippen MR) is 43.2 cm³/mol. The number of aromatic nitrogens is 1. The highest BCUT2D eigenvalue weighted by Crippen LogP contribution is 2.15. The molecule has 1 aromatic heterocycles. The summed E-state index contributed by atoms with van der Waals surface area (Å²) in [6.07, 6.45) is 0.876. The van der Waals surface area contributed by atoms with Crippen LogP contribution in [-0.4, -0.2) is 10.5 Å². The number of rotatable bonds is 2. The molecule has 1 heterocycles. The van der Waals surface area contributed by atoms with Gasteiger partial charge in [0.2, 0.25) is 0 Å². The van der Waals surface area contributed by atoms with Gasteiger partial charge in [0.25, 0.3) is 0 Å². The molecule has 0 aromatic carbocycles. The van der Waals surface area contributed by atoms with Gasteiger partial charge in [-0.15, -0.1) is 0 Å². The minimum Gasteiger partial charge on any atom is -0.381 e. The van der Waals surface area contributed by atoms with Crippen LogP contribution in [0.1, 0.15) is 11.3 Å². The van der Waals surface area contributed by atoms with Gasteiger partial charge in [0.1, 0.15) is 5.76 Å². The molecule has 2 N–H and O–H groups in total. The van der Waals surface area contributed by atoms with Crippen LogP contribution in [0.25, 0.3) is 0 Å². The van der Waals surface area contributed by atoms with E-state index in [4.69, 9.17) is 10.3 Å². The molecular formula is C6H9BrN2O. The van der Waals surface area contributed by atoms with Crippen LogP contribution >= 0.6 is 15.9 Å². The van der Waals surface area contributed by atoms with E-state index in [9.17, 15) is 0 Å². The summed E-state index contributed by atoms with van der Waals surface area (Å²) >= 11 is 3.31. The molecule has 10 heavy (non-hydrogen) atoms. The molecule has 0 spiro atoms. The van der Waals surface area contributed by atoms with Gasteiger partial charge in [0.05, 0.1) is 0 Å². The maximum absolute atomic E-state index is 5.50. The molecule has 56 valence electrons. The van der Waals surface area contributed by atoms with Crippen molar-refractivity contribution in [3.05, 3.63) is 11.3 Å². The number of nitrogens with zero attached hydrogens (tertiary/aromatic N) is 1. The lowest BCUT2D eigenvalue weighted by Gasteiger charge is -1.91. The number of halogens is 1. The van der Waals surface area contributed by atoms with E-state index in [1.807, 2.05) is 6.92 Å². The number of hydrogen-bond donors (Lipinski definition) is 1. The van der Waals surface area contributed by atoms with E-state index in [-0.39, 0.29) is 0 Å². The number of alkyl halides is 1. The van der Waals surface area contributed by atoms with Crippen molar-refractivity contribution in [1.82, 2.24) is 5.16 Å². The zero-order valence-electron chi connectivity index (χ0n) is 5.72. The Hall–Kier alpha value is -0.510. The quantitative estimate of drug-likeness (QED) is 0.744. The highest BCUT2D eigenvalue weighted by atomic mass is 79.9. The van der Waals surface area contributed by atoms with Gasteiger partial charge >= 0.3 is 0 Å². The molecule has 0 atom stereocenters. The van der Waals surface area contributed by atoms with E-state index in [1.165, 1.54) is 0 Å². The summed E-state index contributed by atoms with van der Waals surface area (Å²) in [5, 5.41) is 4.50. The molecule has 0 radical (unpaired) electrons. The van der Waals surface area contributed by atoms with Gasteiger partial charge in [0.15, 0.2) is 5.82 Å². The number of nitrogen functional groups attached to an aromatic ring is 1. The van der Waals surface area contributed by atoms with Gasteiger partial charge in [-0.25, -0.2) is 0 Å². The summed E-state index contributed by atoms with van der Waals surface area (Å²) in [5.41, 5.74) is 6.51. The van der Waals surface area contributed by atoms with E-state index in [1.54, 1.807) is 0 Å². The van der Waals surface area contributed by atoms with Crippen LogP contribution in [0, 0.1) is 6.92 Å². The van der Waals surface area contributed by atoms with Crippen LogP contribution in [0.5, 0.6) is 0 Å². The Bertz CT molecular complexity index is 202. The second-order valence-electron chi connectivity index (χ2n) is 2.04. The van der Waals surface area contributed by atoms with Crippen molar-refractivity contribution in [3.8, 4) is 0 Å². The minimum atomic E-state index is 0.511. The van der Waals surface area contributed by atoms with E-state index in [0.29, 0.717) is 5.82 Å². The standard InChI is InChI=1S/C6H9BrN2O/c1-4-5(2-3-7)6(8)9-10-4/h2-3H2,1H3,(H2,8,9). The summed E-state index contributed by atoms with van der Waals surface area (Å²) in [4.78, 5) is 0. The van der Waals surface area contributed by atoms with Crippen LogP contribution in [0.3, 0.4) is 0 Å². The van der Waals surface area contributed by atoms with Gasteiger partial charge in [-0.05, 0) is 13.3 Å². The summed E-state index contributed by atoms with van der Waals surface area (Å²) in [6, 6.07) is 0. The molecule has 0 unspecified atom stereocenters. The second-order valence-corrected chi connectivity index (χ2v) is 2.83. The van der Waals surface area contributed by atoms with Gasteiger partial charge in [-0.2, -0.15) is 0 Å². The monoisotopic (exact) mass is 204 g/mol. The summed E-state index contributed by atoms with van der Waals surface area (Å²) in [7, 11) is 0. The second kappa shape index (κ2) is 3.05. The van der Waals surface area contributed by atoms with Crippen LogP contribution in [0.2, 0.25) is 0 Å². The van der Waals surface area contributed by atoms with Crippen molar-refractivity contribution in [2.75, 3.05) is 11.1 Å². The first-order chi connectivity index (χ1) is 4.75. The summed E-state index contributed by atoms with van der Waals surface area (Å²) < 4.78 is 4.85. The smallest absolute Gasteiger partial charge is 0.170 e. The van der Waals surface area contributed by atoms with Crippen LogP contribution < -0.4 is 5.73 Å². The van der Waals surface area contributed by atoms with Crippen molar-refractivity contribution in [1.29, 1.82) is 0 Å². The lowest BCUT2D eigenvalue weighted by molar-refractivity contribution is 0.399. The molecular weight excluding hydrogens is 196 g/mol. The first-order valence-electron chi connectivity index (χ1n) is 3.02. The van der Waals surface area contributed by atoms with Crippen molar-refractivity contribution >= 4 is 21.7 Å². The first-order valence-corrected chi connectivity index (χ1v) is 4.14. The van der Waals surface area contributed by atoms with E-state index in [0.717, 1.165) is 23.1 Å². The fourth-order valence-corrected chi connectivity index (χ4v) is 1.20. The Balaban J connectivity index is 2.87. The third-order valence-electron chi connectivity index (χ3n) is 1.36. The molecule has 0 aliphatic carbocycles. The van der Waals surface area contributed by atoms with E-state index < -0.39 is 0 Å². The molecule has 0 fully saturated rings. The zero-order valence-corrected chi connectivity index (χ0v) is 7.31. The number of aryl methyl sites for hydroxylation is 1. The highest BCUT2D eigenvalue weighted by molar-refractivity contribution is 9.09. The summed E-state index contributed by atoms with van der Waals surface area (Å²) in [5.74, 6) is 1.33. The van der Waals surface area contributed by atoms with Crippen molar-refractivity contribution < 1.29 is 4.52 Å². The Morgan fingerprint density at radius 3 is 2.80 bits per heavy atom. The SMILES string of the molecule is Cc1onc(N)c1CCBr. The fourth-order valence-electron chi connectivity index (χ4n) is 0.807. The Morgan fingerprint density at radius 1 is 1.70 bits per heavy atom. The molecule has 0 saturated heterocycles. The molecule has 1 rings (SSSR count). The maximum atomic E-state index is 5.50. The van der Waals surface area contributed by atoms with Gasteiger partial charge in [0, 0.05) is 10.9 Å². The Labute approximate surface area is 67.7 Å². The topological polar surface area (TPSA) is 52.0 Å². The lowest BCUT2D eigenvalue weighted by atomic mass is 10.2. The van der Waals surface area contributed by atoms with Crippen molar-refractivity contribution in [2.24, 2.45) is 0 Å². The molecule has 0 aliphatic heterocycles. The summed E-state index contributed by atoms with van der Waals surface area (Å²) in [6.45, 7) is 1.86. The number of anilines is 1. The van der Waals surface area contributed by atoms with Crippen molar-refractivity contribution in [3.63, 3.8) is 0 Å². The average molecular weight is 205 g/mol. The van der Waals surface area contributed by atoms with Crippen LogP contribution in [0.15, 0.2) is 4.52 Å². The minimum absolute atomic E-state index is 0.511. The van der Waals surface area contributed by atoms with E-state index in [2.05, 4.69) is 21.1 Å². The highest BCUT2D eigenvalue weighted by Gasteiger charge is 2.07. The van der Waals surface area contributed by atoms with Crippen LogP contribution in [-0.2, 0) is 6.42 Å². The Kier molecular flexibility index (Phi) is 2.32. The molecule has 3 nitrogen and oxygen atoms in total. The fraction of sp³-hybridized carbons (Fsp3) is 0.500. The molecule has 0 amide bonds. The number of nitrogens with two attached hydrogens (primary N) is 1. The molecule has 4 heteroatoms. The van der Waals surface area contributed by atoms with E-state index >= 15 is 0 Å². The van der Waals surface area contributed by atoms with Gasteiger partial charge in [-0.3, -0.25) is 0 Å². The Morgan fingerprint density at radius 2 is 2.40 bits per heavy atom. The molecule has 1 aromatic rings. The molecule has 0 aliphatic rings. The molecule has 0 saturated carbocycles. The predicted octanol–water partition coefficient (Wildman–Crippen LogP) is 1.50. The van der Waals surface area contributed by atoms with Crippen LogP contribution in [0.4, 0.5) is 5.82 Å². The molecule has 0 bridgehead atoms. The number of hydrogen-bond acceptors (Lipinski definition) is 3. The third kappa shape index (κ3) is 1.31. The maximum Gasteiger partial charge on any atom is 0.170 e. The normalized spacial score (nSPS) is 10.2. The van der Waals surface area contributed by atoms with Gasteiger partial charge in [-0.1, -0.05) is 21.1 Å². The van der Waals surface area contributed by atoms with Gasteiger partial charge < -0.3 is 10.3 Å². The van der Waals surface area contributed by atoms with Crippen molar-refractivity contribution in [2.45, 2.75) is 13.3 Å². The zero-order chi connectivity index (χ0) is 7.56. The third-order valence-corrected chi connectivity index (χ3v) is 1.76. The largest absolute Gasteiger partial charge is 0.381 e. The average Bonchev–Trinajstić information content (AvgIpc) is 2.20.